The van der Waals surface area contributed by atoms with Crippen LogP contribution in [-0.4, -0.2) is 20.9 Å². The molecule has 1 N–H and O–H groups in total. The lowest BCUT2D eigenvalue weighted by Gasteiger charge is -2.24. The number of amides is 1. The van der Waals surface area contributed by atoms with Gasteiger partial charge in [-0.2, -0.15) is 0 Å². The molecule has 0 unspecified atom stereocenters. The number of fused-ring (bicyclic) bond motifs is 1. The number of rotatable bonds is 7. The number of anilines is 1. The number of carbonyl (C=O) groups is 1. The van der Waals surface area contributed by atoms with Crippen LogP contribution in [0.25, 0.3) is 10.8 Å². The van der Waals surface area contributed by atoms with Crippen LogP contribution in [0.15, 0.2) is 95.9 Å². The highest BCUT2D eigenvalue weighted by Gasteiger charge is 2.27. The Morgan fingerprint density at radius 1 is 0.788 bits per heavy atom. The maximum absolute atomic E-state index is 13.4. The predicted octanol–water partition coefficient (Wildman–Crippen LogP) is 5.66. The van der Waals surface area contributed by atoms with Crippen molar-refractivity contribution in [3.05, 3.63) is 107 Å². The molecule has 0 aliphatic carbocycles. The molecule has 168 valence electrons. The average Bonchev–Trinajstić information content (AvgIpc) is 2.83. The molecule has 0 saturated carbocycles. The summed E-state index contributed by atoms with van der Waals surface area (Å²) in [4.78, 5) is 12.9. The van der Waals surface area contributed by atoms with Crippen molar-refractivity contribution in [1.29, 1.82) is 0 Å². The van der Waals surface area contributed by atoms with Crippen LogP contribution in [0.3, 0.4) is 0 Å². The topological polar surface area (TPSA) is 66.5 Å². The summed E-state index contributed by atoms with van der Waals surface area (Å²) in [6.45, 7) is -0.146. The Bertz CT molecular complexity index is 1410. The number of halogens is 2. The van der Waals surface area contributed by atoms with Crippen molar-refractivity contribution < 1.29 is 13.2 Å². The summed E-state index contributed by atoms with van der Waals surface area (Å²) in [6.07, 6.45) is 0. The van der Waals surface area contributed by atoms with Crippen molar-refractivity contribution in [2.24, 2.45) is 0 Å². The molecule has 5 nitrogen and oxygen atoms in total. The molecule has 4 aromatic carbocycles. The Morgan fingerprint density at radius 2 is 1.48 bits per heavy atom. The largest absolute Gasteiger partial charge is 0.350 e. The maximum Gasteiger partial charge on any atom is 0.264 e. The van der Waals surface area contributed by atoms with E-state index >= 15 is 0 Å². The summed E-state index contributed by atoms with van der Waals surface area (Å²) in [5.41, 5.74) is 1.16. The fraction of sp³-hybridized carbons (Fsp3) is 0.0800. The van der Waals surface area contributed by atoms with Crippen molar-refractivity contribution in [1.82, 2.24) is 5.32 Å². The van der Waals surface area contributed by atoms with Gasteiger partial charge in [-0.05, 0) is 52.7 Å². The van der Waals surface area contributed by atoms with E-state index in [0.29, 0.717) is 5.02 Å². The molecule has 0 aliphatic heterocycles. The van der Waals surface area contributed by atoms with Crippen molar-refractivity contribution in [2.45, 2.75) is 11.4 Å². The van der Waals surface area contributed by atoms with Crippen LogP contribution < -0.4 is 9.62 Å². The van der Waals surface area contributed by atoms with Gasteiger partial charge in [0.1, 0.15) is 6.54 Å². The summed E-state index contributed by atoms with van der Waals surface area (Å²) < 4.78 is 27.7. The molecule has 0 heterocycles. The second-order valence-electron chi connectivity index (χ2n) is 7.38. The van der Waals surface area contributed by atoms with E-state index in [1.807, 2.05) is 42.5 Å². The van der Waals surface area contributed by atoms with Crippen LogP contribution in [0.2, 0.25) is 10.0 Å². The molecule has 0 radical (unpaired) electrons. The molecule has 0 aliphatic rings. The van der Waals surface area contributed by atoms with Gasteiger partial charge in [0.15, 0.2) is 0 Å². The van der Waals surface area contributed by atoms with E-state index in [1.165, 1.54) is 30.3 Å². The number of sulfonamides is 1. The zero-order valence-electron chi connectivity index (χ0n) is 17.4. The Labute approximate surface area is 202 Å². The minimum Gasteiger partial charge on any atom is -0.350 e. The van der Waals surface area contributed by atoms with Gasteiger partial charge >= 0.3 is 0 Å². The second-order valence-corrected chi connectivity index (χ2v) is 10.1. The Hall–Kier alpha value is -3.06. The highest BCUT2D eigenvalue weighted by molar-refractivity contribution is 7.92. The third-order valence-electron chi connectivity index (χ3n) is 5.11. The van der Waals surface area contributed by atoms with Gasteiger partial charge in [0.25, 0.3) is 10.0 Å². The third kappa shape index (κ3) is 5.30. The third-order valence-corrected chi connectivity index (χ3v) is 7.64. The molecule has 33 heavy (non-hydrogen) atoms. The van der Waals surface area contributed by atoms with Crippen molar-refractivity contribution in [2.75, 3.05) is 10.8 Å². The van der Waals surface area contributed by atoms with Crippen LogP contribution in [-0.2, 0) is 21.4 Å². The highest BCUT2D eigenvalue weighted by atomic mass is 35.5. The quantitative estimate of drug-likeness (QED) is 0.357. The molecule has 0 bridgehead atoms. The highest BCUT2D eigenvalue weighted by Crippen LogP contribution is 2.30. The standard InChI is InChI=1S/C25H20Cl2N2O3S/c26-23-13-12-21(15-24(23)27)29(33(31,32)22-8-2-1-3-9-22)17-25(30)28-16-18-10-11-19-6-4-5-7-20(19)14-18/h1-15H,16-17H2,(H,28,30). The number of nitrogens with one attached hydrogen (secondary N) is 1. The summed E-state index contributed by atoms with van der Waals surface area (Å²) >= 11 is 12.1. The van der Waals surface area contributed by atoms with E-state index in [4.69, 9.17) is 23.2 Å². The molecule has 0 spiro atoms. The number of hydrogen-bond acceptors (Lipinski definition) is 3. The van der Waals surface area contributed by atoms with Gasteiger partial charge in [-0.3, -0.25) is 9.10 Å². The number of benzene rings is 4. The summed E-state index contributed by atoms with van der Waals surface area (Å²) in [5.74, 6) is -0.450. The van der Waals surface area contributed by atoms with Gasteiger partial charge in [-0.1, -0.05) is 77.8 Å². The zero-order chi connectivity index (χ0) is 23.4. The molecular weight excluding hydrogens is 479 g/mol. The molecule has 0 saturated heterocycles. The van der Waals surface area contributed by atoms with Gasteiger partial charge < -0.3 is 5.32 Å². The van der Waals surface area contributed by atoms with Gasteiger partial charge in [0.05, 0.1) is 20.6 Å². The fourth-order valence-electron chi connectivity index (χ4n) is 3.41. The lowest BCUT2D eigenvalue weighted by molar-refractivity contribution is -0.119. The monoisotopic (exact) mass is 498 g/mol. The lowest BCUT2D eigenvalue weighted by atomic mass is 10.1. The fourth-order valence-corrected chi connectivity index (χ4v) is 5.14. The van der Waals surface area contributed by atoms with Gasteiger partial charge in [-0.15, -0.1) is 0 Å². The van der Waals surface area contributed by atoms with E-state index in [0.717, 1.165) is 20.6 Å². The van der Waals surface area contributed by atoms with Crippen LogP contribution in [0.5, 0.6) is 0 Å². The van der Waals surface area contributed by atoms with Gasteiger partial charge in [0, 0.05) is 6.54 Å². The molecule has 1 amide bonds. The second kappa shape index (κ2) is 9.83. The van der Waals surface area contributed by atoms with E-state index in [1.54, 1.807) is 18.2 Å². The first kappa shape index (κ1) is 23.1. The van der Waals surface area contributed by atoms with Crippen molar-refractivity contribution in [3.63, 3.8) is 0 Å². The number of carbonyl (C=O) groups excluding carboxylic acids is 1. The molecule has 4 aromatic rings. The van der Waals surface area contributed by atoms with E-state index in [2.05, 4.69) is 5.32 Å². The first-order valence-corrected chi connectivity index (χ1v) is 12.3. The molecule has 4 rings (SSSR count). The smallest absolute Gasteiger partial charge is 0.264 e. The average molecular weight is 499 g/mol. The number of nitrogens with zero attached hydrogens (tertiary/aromatic N) is 1. The van der Waals surface area contributed by atoms with Crippen LogP contribution in [0.4, 0.5) is 5.69 Å². The van der Waals surface area contributed by atoms with Crippen molar-refractivity contribution >= 4 is 55.6 Å². The molecule has 0 atom stereocenters. The SMILES string of the molecule is O=C(CN(c1ccc(Cl)c(Cl)c1)S(=O)(=O)c1ccccc1)NCc1ccc2ccccc2c1. The van der Waals surface area contributed by atoms with E-state index in [-0.39, 0.29) is 22.2 Å². The first-order chi connectivity index (χ1) is 15.8. The Balaban J connectivity index is 1.57. The van der Waals surface area contributed by atoms with Gasteiger partial charge in [0.2, 0.25) is 5.91 Å². The molecule has 0 fully saturated rings. The number of hydrogen-bond donors (Lipinski definition) is 1. The van der Waals surface area contributed by atoms with Gasteiger partial charge in [-0.25, -0.2) is 8.42 Å². The van der Waals surface area contributed by atoms with Crippen molar-refractivity contribution in [3.8, 4) is 0 Å². The predicted molar refractivity (Wildman–Crippen MR) is 133 cm³/mol. The normalized spacial score (nSPS) is 11.3. The van der Waals surface area contributed by atoms with Crippen LogP contribution >= 0.6 is 23.2 Å². The Kier molecular flexibility index (Phi) is 6.88. The summed E-state index contributed by atoms with van der Waals surface area (Å²) in [7, 11) is -4.02. The molecule has 0 aromatic heterocycles. The molecular formula is C25H20Cl2N2O3S. The minimum absolute atomic E-state index is 0.0680. The lowest BCUT2D eigenvalue weighted by Crippen LogP contribution is -2.40. The molecule has 8 heteroatoms. The minimum atomic E-state index is -4.02. The van der Waals surface area contributed by atoms with Crippen LogP contribution in [0, 0.1) is 0 Å². The first-order valence-electron chi connectivity index (χ1n) is 10.1. The van der Waals surface area contributed by atoms with Crippen LogP contribution in [0.1, 0.15) is 5.56 Å². The summed E-state index contributed by atoms with van der Waals surface area (Å²) in [6, 6.07) is 26.2. The zero-order valence-corrected chi connectivity index (χ0v) is 19.7. The van der Waals surface area contributed by atoms with E-state index < -0.39 is 22.5 Å². The Morgan fingerprint density at radius 3 is 2.21 bits per heavy atom. The summed E-state index contributed by atoms with van der Waals surface area (Å²) in [5, 5.41) is 5.46. The maximum atomic E-state index is 13.4. The van der Waals surface area contributed by atoms with E-state index in [9.17, 15) is 13.2 Å².